The van der Waals surface area contributed by atoms with Crippen molar-refractivity contribution in [2.24, 2.45) is 0 Å². The molecule has 2 rings (SSSR count). The zero-order chi connectivity index (χ0) is 18.1. The summed E-state index contributed by atoms with van der Waals surface area (Å²) < 4.78 is 5.14. The van der Waals surface area contributed by atoms with E-state index in [-0.39, 0.29) is 5.97 Å². The van der Waals surface area contributed by atoms with Crippen LogP contribution in [0.4, 0.5) is 0 Å². The summed E-state index contributed by atoms with van der Waals surface area (Å²) >= 11 is 0. The van der Waals surface area contributed by atoms with Crippen LogP contribution in [-0.2, 0) is 4.74 Å². The van der Waals surface area contributed by atoms with Crippen molar-refractivity contribution in [3.8, 4) is 11.1 Å². The first-order valence-corrected chi connectivity index (χ1v) is 9.21. The van der Waals surface area contributed by atoms with Gasteiger partial charge >= 0.3 is 5.97 Å². The molecule has 0 amide bonds. The van der Waals surface area contributed by atoms with Gasteiger partial charge in [0.1, 0.15) is 0 Å². The third-order valence-electron chi connectivity index (χ3n) is 4.36. The van der Waals surface area contributed by atoms with E-state index in [1.807, 2.05) is 42.5 Å². The van der Waals surface area contributed by atoms with Crippen LogP contribution in [0.3, 0.4) is 0 Å². The summed E-state index contributed by atoms with van der Waals surface area (Å²) in [5, 5.41) is 10.3. The summed E-state index contributed by atoms with van der Waals surface area (Å²) in [4.78, 5) is 12.1. The predicted molar refractivity (Wildman–Crippen MR) is 102 cm³/mol. The Morgan fingerprint density at radius 1 is 1.00 bits per heavy atom. The molecule has 1 atom stereocenters. The molecule has 0 radical (unpaired) electrons. The average molecular weight is 340 g/mol. The van der Waals surface area contributed by atoms with Gasteiger partial charge in [0.05, 0.1) is 18.3 Å². The van der Waals surface area contributed by atoms with E-state index in [1.54, 1.807) is 13.0 Å². The Morgan fingerprint density at radius 2 is 1.72 bits per heavy atom. The maximum absolute atomic E-state index is 12.1. The molecule has 1 unspecified atom stereocenters. The van der Waals surface area contributed by atoms with Crippen molar-refractivity contribution in [1.82, 2.24) is 0 Å². The molecule has 0 fully saturated rings. The van der Waals surface area contributed by atoms with Gasteiger partial charge in [0.2, 0.25) is 0 Å². The molecule has 0 aliphatic carbocycles. The van der Waals surface area contributed by atoms with Crippen LogP contribution >= 0.6 is 0 Å². The van der Waals surface area contributed by atoms with Crippen molar-refractivity contribution in [2.75, 3.05) is 6.61 Å². The minimum Gasteiger partial charge on any atom is -0.462 e. The van der Waals surface area contributed by atoms with Gasteiger partial charge in [0.25, 0.3) is 0 Å². The number of unbranched alkanes of at least 4 members (excludes halogenated alkanes) is 3. The molecule has 0 aromatic heterocycles. The van der Waals surface area contributed by atoms with Crippen molar-refractivity contribution in [3.63, 3.8) is 0 Å². The van der Waals surface area contributed by atoms with Gasteiger partial charge in [-0.15, -0.1) is 0 Å². The van der Waals surface area contributed by atoms with Crippen LogP contribution < -0.4 is 0 Å². The lowest BCUT2D eigenvalue weighted by molar-refractivity contribution is 0.0527. The second kappa shape index (κ2) is 10.00. The molecule has 2 aromatic carbocycles. The summed E-state index contributed by atoms with van der Waals surface area (Å²) in [5.74, 6) is -0.307. The molecule has 3 nitrogen and oxygen atoms in total. The van der Waals surface area contributed by atoms with E-state index in [0.29, 0.717) is 12.2 Å². The number of aliphatic hydroxyl groups excluding tert-OH is 1. The van der Waals surface area contributed by atoms with Gasteiger partial charge in [-0.05, 0) is 36.1 Å². The van der Waals surface area contributed by atoms with Crippen molar-refractivity contribution in [2.45, 2.75) is 52.1 Å². The van der Waals surface area contributed by atoms with E-state index >= 15 is 0 Å². The molecule has 0 spiro atoms. The van der Waals surface area contributed by atoms with Crippen molar-refractivity contribution >= 4 is 5.97 Å². The third-order valence-corrected chi connectivity index (χ3v) is 4.36. The molecular formula is C22H28O3. The molecule has 0 saturated heterocycles. The van der Waals surface area contributed by atoms with Gasteiger partial charge in [0.15, 0.2) is 0 Å². The molecule has 25 heavy (non-hydrogen) atoms. The third kappa shape index (κ3) is 5.43. The van der Waals surface area contributed by atoms with Gasteiger partial charge in [-0.2, -0.15) is 0 Å². The summed E-state index contributed by atoms with van der Waals surface area (Å²) in [5.41, 5.74) is 3.29. The minimum absolute atomic E-state index is 0.307. The highest BCUT2D eigenvalue weighted by Gasteiger charge is 2.14. The number of aliphatic hydroxyl groups is 1. The van der Waals surface area contributed by atoms with Crippen molar-refractivity contribution < 1.29 is 14.6 Å². The molecule has 0 aliphatic heterocycles. The molecule has 3 heteroatoms. The summed E-state index contributed by atoms with van der Waals surface area (Å²) in [7, 11) is 0. The quantitative estimate of drug-likeness (QED) is 0.482. The number of esters is 1. The molecule has 1 N–H and O–H groups in total. The molecular weight excluding hydrogens is 312 g/mol. The monoisotopic (exact) mass is 340 g/mol. The Bertz CT molecular complexity index is 661. The Labute approximate surface area is 150 Å². The summed E-state index contributed by atoms with van der Waals surface area (Å²) in [6.45, 7) is 4.34. The maximum Gasteiger partial charge on any atom is 0.338 e. The Balaban J connectivity index is 2.11. The molecule has 0 heterocycles. The van der Waals surface area contributed by atoms with E-state index in [4.69, 9.17) is 4.74 Å². The lowest BCUT2D eigenvalue weighted by Crippen LogP contribution is -2.06. The number of rotatable bonds is 9. The fourth-order valence-electron chi connectivity index (χ4n) is 2.94. The summed E-state index contributed by atoms with van der Waals surface area (Å²) in [6, 6.07) is 15.3. The van der Waals surface area contributed by atoms with Crippen LogP contribution in [0.1, 0.15) is 68.0 Å². The Kier molecular flexibility index (Phi) is 7.68. The fourth-order valence-corrected chi connectivity index (χ4v) is 2.94. The van der Waals surface area contributed by atoms with E-state index in [9.17, 15) is 9.90 Å². The number of hydrogen-bond donors (Lipinski definition) is 1. The van der Waals surface area contributed by atoms with E-state index in [2.05, 4.69) is 6.92 Å². The second-order valence-electron chi connectivity index (χ2n) is 6.25. The topological polar surface area (TPSA) is 46.5 Å². The standard InChI is InChI=1S/C22H28O3/c1-3-5-6-7-12-21(23)18-15-13-17(14-16-18)19-10-8-9-11-20(19)22(24)25-4-2/h8-11,13-16,21,23H,3-7,12H2,1-2H3. The Morgan fingerprint density at radius 3 is 2.40 bits per heavy atom. The highest BCUT2D eigenvalue weighted by molar-refractivity contribution is 5.97. The predicted octanol–water partition coefficient (Wildman–Crippen LogP) is 5.53. The van der Waals surface area contributed by atoms with Crippen molar-refractivity contribution in [3.05, 3.63) is 59.7 Å². The van der Waals surface area contributed by atoms with Crippen LogP contribution in [0.5, 0.6) is 0 Å². The van der Waals surface area contributed by atoms with Crippen LogP contribution in [-0.4, -0.2) is 17.7 Å². The molecule has 0 aliphatic rings. The van der Waals surface area contributed by atoms with E-state index in [1.165, 1.54) is 19.3 Å². The number of carbonyl (C=O) groups is 1. The minimum atomic E-state index is -0.425. The lowest BCUT2D eigenvalue weighted by Gasteiger charge is -2.13. The highest BCUT2D eigenvalue weighted by atomic mass is 16.5. The molecule has 2 aromatic rings. The zero-order valence-electron chi connectivity index (χ0n) is 15.2. The fraction of sp³-hybridized carbons (Fsp3) is 0.409. The average Bonchev–Trinajstić information content (AvgIpc) is 2.65. The van der Waals surface area contributed by atoms with Gasteiger partial charge < -0.3 is 9.84 Å². The van der Waals surface area contributed by atoms with Crippen LogP contribution in [0.15, 0.2) is 48.5 Å². The van der Waals surface area contributed by atoms with Crippen LogP contribution in [0.2, 0.25) is 0 Å². The van der Waals surface area contributed by atoms with Crippen LogP contribution in [0.25, 0.3) is 11.1 Å². The number of ether oxygens (including phenoxy) is 1. The SMILES string of the molecule is CCCCCCC(O)c1ccc(-c2ccccc2C(=O)OCC)cc1. The first-order chi connectivity index (χ1) is 12.2. The molecule has 134 valence electrons. The second-order valence-corrected chi connectivity index (χ2v) is 6.25. The van der Waals surface area contributed by atoms with Gasteiger partial charge in [-0.25, -0.2) is 4.79 Å². The van der Waals surface area contributed by atoms with E-state index in [0.717, 1.165) is 29.5 Å². The first-order valence-electron chi connectivity index (χ1n) is 9.21. The maximum atomic E-state index is 12.1. The zero-order valence-corrected chi connectivity index (χ0v) is 15.2. The number of benzene rings is 2. The molecule has 0 saturated carbocycles. The van der Waals surface area contributed by atoms with Gasteiger partial charge in [0, 0.05) is 0 Å². The van der Waals surface area contributed by atoms with Crippen molar-refractivity contribution in [1.29, 1.82) is 0 Å². The van der Waals surface area contributed by atoms with Gasteiger partial charge in [-0.1, -0.05) is 75.1 Å². The van der Waals surface area contributed by atoms with E-state index < -0.39 is 6.10 Å². The van der Waals surface area contributed by atoms with Crippen LogP contribution in [0, 0.1) is 0 Å². The highest BCUT2D eigenvalue weighted by Crippen LogP contribution is 2.27. The smallest absolute Gasteiger partial charge is 0.338 e. The normalized spacial score (nSPS) is 12.0. The summed E-state index contributed by atoms with van der Waals surface area (Å²) in [6.07, 6.45) is 4.99. The largest absolute Gasteiger partial charge is 0.462 e. The number of carbonyl (C=O) groups excluding carboxylic acids is 1. The first kappa shape index (κ1) is 19.2. The molecule has 0 bridgehead atoms. The lowest BCUT2D eigenvalue weighted by atomic mass is 9.96. The van der Waals surface area contributed by atoms with Gasteiger partial charge in [-0.3, -0.25) is 0 Å². The Hall–Kier alpha value is -2.13. The number of hydrogen-bond acceptors (Lipinski definition) is 3.